The number of hydrogen-bond donors (Lipinski definition) is 1. The van der Waals surface area contributed by atoms with Crippen molar-refractivity contribution in [3.63, 3.8) is 0 Å². The molecule has 0 saturated carbocycles. The Labute approximate surface area is 170 Å². The van der Waals surface area contributed by atoms with Gasteiger partial charge < -0.3 is 19.5 Å². The fourth-order valence-corrected chi connectivity index (χ4v) is 3.73. The lowest BCUT2D eigenvalue weighted by molar-refractivity contribution is -0.124. The van der Waals surface area contributed by atoms with Gasteiger partial charge in [-0.3, -0.25) is 4.79 Å². The van der Waals surface area contributed by atoms with Crippen LogP contribution in [0.2, 0.25) is 0 Å². The number of carbonyl (C=O) groups is 1. The molecule has 1 amide bonds. The summed E-state index contributed by atoms with van der Waals surface area (Å²) in [6.45, 7) is 3.99. The number of carbonyl (C=O) groups excluding carboxylic acids is 1. The lowest BCUT2D eigenvalue weighted by Gasteiger charge is -2.38. The number of hydrogen-bond acceptors (Lipinski definition) is 4. The van der Waals surface area contributed by atoms with Crippen LogP contribution in [0.1, 0.15) is 31.9 Å². The van der Waals surface area contributed by atoms with Crippen molar-refractivity contribution in [3.05, 3.63) is 66.2 Å². The third kappa shape index (κ3) is 4.29. The number of ether oxygens (including phenoxy) is 3. The van der Waals surface area contributed by atoms with Crippen LogP contribution in [0, 0.1) is 0 Å². The van der Waals surface area contributed by atoms with Crippen LogP contribution in [-0.2, 0) is 4.79 Å². The predicted molar refractivity (Wildman–Crippen MR) is 113 cm³/mol. The van der Waals surface area contributed by atoms with E-state index in [0.29, 0.717) is 12.2 Å². The molecule has 0 fully saturated rings. The second kappa shape index (κ2) is 7.66. The van der Waals surface area contributed by atoms with Crippen LogP contribution in [0.25, 0.3) is 10.8 Å². The van der Waals surface area contributed by atoms with E-state index in [1.54, 1.807) is 7.11 Å². The molecule has 1 aliphatic rings. The van der Waals surface area contributed by atoms with Crippen LogP contribution in [0.15, 0.2) is 60.7 Å². The minimum Gasteiger partial charge on any atom is -0.497 e. The first kappa shape index (κ1) is 19.1. The van der Waals surface area contributed by atoms with Crippen molar-refractivity contribution in [1.82, 2.24) is 5.32 Å². The molecule has 3 aromatic carbocycles. The Balaban J connectivity index is 1.45. The molecular formula is C24H25NO4. The smallest absolute Gasteiger partial charge is 0.258 e. The van der Waals surface area contributed by atoms with E-state index in [4.69, 9.17) is 14.2 Å². The fourth-order valence-electron chi connectivity index (χ4n) is 3.73. The molecule has 1 atom stereocenters. The van der Waals surface area contributed by atoms with Crippen molar-refractivity contribution in [2.75, 3.05) is 13.7 Å². The van der Waals surface area contributed by atoms with Crippen molar-refractivity contribution in [2.45, 2.75) is 31.9 Å². The van der Waals surface area contributed by atoms with E-state index >= 15 is 0 Å². The molecule has 0 aromatic heterocycles. The summed E-state index contributed by atoms with van der Waals surface area (Å²) in [5, 5.41) is 5.31. The average Bonchev–Trinajstić information content (AvgIpc) is 2.70. The monoisotopic (exact) mass is 391 g/mol. The van der Waals surface area contributed by atoms with E-state index in [2.05, 4.69) is 5.32 Å². The van der Waals surface area contributed by atoms with Crippen LogP contribution >= 0.6 is 0 Å². The van der Waals surface area contributed by atoms with Crippen LogP contribution < -0.4 is 19.5 Å². The summed E-state index contributed by atoms with van der Waals surface area (Å²) in [6, 6.07) is 19.4. The molecule has 1 aliphatic heterocycles. The van der Waals surface area contributed by atoms with Gasteiger partial charge in [-0.15, -0.1) is 0 Å². The number of rotatable bonds is 5. The van der Waals surface area contributed by atoms with Crippen LogP contribution in [0.5, 0.6) is 17.2 Å². The molecule has 5 nitrogen and oxygen atoms in total. The largest absolute Gasteiger partial charge is 0.497 e. The van der Waals surface area contributed by atoms with Crippen LogP contribution in [-0.4, -0.2) is 25.2 Å². The van der Waals surface area contributed by atoms with E-state index in [-0.39, 0.29) is 18.6 Å². The molecule has 0 radical (unpaired) electrons. The van der Waals surface area contributed by atoms with Gasteiger partial charge in [-0.25, -0.2) is 0 Å². The predicted octanol–water partition coefficient (Wildman–Crippen LogP) is 4.65. The van der Waals surface area contributed by atoms with Gasteiger partial charge >= 0.3 is 0 Å². The average molecular weight is 391 g/mol. The van der Waals surface area contributed by atoms with Gasteiger partial charge in [0.05, 0.1) is 13.2 Å². The summed E-state index contributed by atoms with van der Waals surface area (Å²) < 4.78 is 17.1. The first-order valence-electron chi connectivity index (χ1n) is 9.71. The fraction of sp³-hybridized carbons (Fsp3) is 0.292. The van der Waals surface area contributed by atoms with E-state index in [0.717, 1.165) is 27.8 Å². The number of fused-ring (bicyclic) bond motifs is 2. The zero-order chi connectivity index (χ0) is 20.4. The highest BCUT2D eigenvalue weighted by molar-refractivity contribution is 5.84. The highest BCUT2D eigenvalue weighted by Crippen LogP contribution is 2.41. The third-order valence-corrected chi connectivity index (χ3v) is 5.10. The maximum Gasteiger partial charge on any atom is 0.258 e. The lowest BCUT2D eigenvalue weighted by Crippen LogP contribution is -2.42. The molecule has 3 aromatic rings. The van der Waals surface area contributed by atoms with E-state index < -0.39 is 5.60 Å². The van der Waals surface area contributed by atoms with Crippen molar-refractivity contribution in [1.29, 1.82) is 0 Å². The Morgan fingerprint density at radius 3 is 2.62 bits per heavy atom. The minimum atomic E-state index is -0.392. The van der Waals surface area contributed by atoms with Gasteiger partial charge in [-0.2, -0.15) is 0 Å². The van der Waals surface area contributed by atoms with Gasteiger partial charge in [0.1, 0.15) is 22.8 Å². The summed E-state index contributed by atoms with van der Waals surface area (Å²) in [5.41, 5.74) is 0.556. The van der Waals surface area contributed by atoms with Gasteiger partial charge in [0.2, 0.25) is 0 Å². The van der Waals surface area contributed by atoms with E-state index in [1.165, 1.54) is 0 Å². The molecule has 0 aliphatic carbocycles. The molecule has 0 spiro atoms. The summed E-state index contributed by atoms with van der Waals surface area (Å²) in [6.07, 6.45) is 0.675. The second-order valence-electron chi connectivity index (χ2n) is 7.89. The van der Waals surface area contributed by atoms with Crippen molar-refractivity contribution in [3.8, 4) is 17.2 Å². The van der Waals surface area contributed by atoms with Crippen molar-refractivity contribution in [2.24, 2.45) is 0 Å². The molecule has 0 saturated heterocycles. The van der Waals surface area contributed by atoms with E-state index in [1.807, 2.05) is 74.5 Å². The number of methoxy groups -OCH3 is 1. The molecule has 29 heavy (non-hydrogen) atoms. The number of benzene rings is 3. The van der Waals surface area contributed by atoms with Gasteiger partial charge in [0.25, 0.3) is 5.91 Å². The highest BCUT2D eigenvalue weighted by atomic mass is 16.5. The lowest BCUT2D eigenvalue weighted by atomic mass is 9.89. The second-order valence-corrected chi connectivity index (χ2v) is 7.89. The zero-order valence-corrected chi connectivity index (χ0v) is 16.9. The molecule has 1 heterocycles. The number of nitrogens with one attached hydrogen (secondary N) is 1. The van der Waals surface area contributed by atoms with Gasteiger partial charge in [0.15, 0.2) is 6.61 Å². The molecule has 150 valence electrons. The van der Waals surface area contributed by atoms with Crippen molar-refractivity contribution >= 4 is 16.7 Å². The number of amides is 1. The third-order valence-electron chi connectivity index (χ3n) is 5.10. The Morgan fingerprint density at radius 1 is 1.07 bits per heavy atom. The maximum absolute atomic E-state index is 12.6. The highest BCUT2D eigenvalue weighted by Gasteiger charge is 2.34. The molecule has 4 rings (SSSR count). The van der Waals surface area contributed by atoms with Gasteiger partial charge in [-0.05, 0) is 48.9 Å². The van der Waals surface area contributed by atoms with Gasteiger partial charge in [0, 0.05) is 18.1 Å². The Morgan fingerprint density at radius 2 is 1.83 bits per heavy atom. The van der Waals surface area contributed by atoms with Crippen LogP contribution in [0.3, 0.4) is 0 Å². The SMILES string of the molecule is COc1ccc2c(c1)OC(C)(C)CC2NC(=O)COc1ccc2ccccc2c1. The summed E-state index contributed by atoms with van der Waals surface area (Å²) in [5.74, 6) is 1.98. The standard InChI is InChI=1S/C24H25NO4/c1-24(2)14-21(20-11-10-18(27-3)13-22(20)29-24)25-23(26)15-28-19-9-8-16-6-4-5-7-17(16)12-19/h4-13,21H,14-15H2,1-3H3,(H,25,26). The molecule has 1 unspecified atom stereocenters. The summed E-state index contributed by atoms with van der Waals surface area (Å²) in [4.78, 5) is 12.6. The summed E-state index contributed by atoms with van der Waals surface area (Å²) in [7, 11) is 1.62. The maximum atomic E-state index is 12.6. The quantitative estimate of drug-likeness (QED) is 0.688. The molecule has 1 N–H and O–H groups in total. The Hall–Kier alpha value is -3.21. The Bertz CT molecular complexity index is 1040. The zero-order valence-electron chi connectivity index (χ0n) is 16.9. The van der Waals surface area contributed by atoms with Crippen LogP contribution in [0.4, 0.5) is 0 Å². The van der Waals surface area contributed by atoms with E-state index in [9.17, 15) is 4.79 Å². The molecular weight excluding hydrogens is 366 g/mol. The van der Waals surface area contributed by atoms with Crippen molar-refractivity contribution < 1.29 is 19.0 Å². The Kier molecular flexibility index (Phi) is 5.05. The first-order chi connectivity index (χ1) is 13.9. The molecule has 5 heteroatoms. The topological polar surface area (TPSA) is 56.8 Å². The normalized spacial score (nSPS) is 17.1. The van der Waals surface area contributed by atoms with Gasteiger partial charge in [-0.1, -0.05) is 30.3 Å². The summed E-state index contributed by atoms with van der Waals surface area (Å²) >= 11 is 0. The minimum absolute atomic E-state index is 0.0401. The first-order valence-corrected chi connectivity index (χ1v) is 9.71. The molecule has 0 bridgehead atoms.